The second-order valence-electron chi connectivity index (χ2n) is 4.90. The number of carbonyl (C=O) groups is 1. The van der Waals surface area contributed by atoms with E-state index in [2.05, 4.69) is 12.2 Å². The van der Waals surface area contributed by atoms with Crippen LogP contribution in [0.4, 0.5) is 5.69 Å². The minimum atomic E-state index is 0.106. The van der Waals surface area contributed by atoms with E-state index in [-0.39, 0.29) is 5.91 Å². The molecule has 0 bridgehead atoms. The van der Waals surface area contributed by atoms with E-state index in [1.54, 1.807) is 0 Å². The van der Waals surface area contributed by atoms with Gasteiger partial charge in [-0.25, -0.2) is 0 Å². The van der Waals surface area contributed by atoms with Crippen molar-refractivity contribution in [3.63, 3.8) is 0 Å². The molecule has 0 heterocycles. The van der Waals surface area contributed by atoms with E-state index >= 15 is 0 Å². The molecule has 1 aromatic rings. The summed E-state index contributed by atoms with van der Waals surface area (Å²) in [6, 6.07) is 7.68. The highest BCUT2D eigenvalue weighted by Crippen LogP contribution is 2.12. The SMILES string of the molecule is CCCCCCCCC(=O)Nc1ccc(CCl)cc1. The Morgan fingerprint density at radius 2 is 1.68 bits per heavy atom. The number of hydrogen-bond acceptors (Lipinski definition) is 1. The molecule has 0 radical (unpaired) electrons. The number of halogens is 1. The van der Waals surface area contributed by atoms with Gasteiger partial charge in [0.1, 0.15) is 0 Å². The summed E-state index contributed by atoms with van der Waals surface area (Å²) >= 11 is 5.72. The molecule has 0 aliphatic carbocycles. The van der Waals surface area contributed by atoms with E-state index in [1.165, 1.54) is 25.7 Å². The molecule has 1 amide bonds. The predicted octanol–water partition coefficient (Wildman–Crippen LogP) is 5.11. The smallest absolute Gasteiger partial charge is 0.224 e. The number of hydrogen-bond donors (Lipinski definition) is 1. The van der Waals surface area contributed by atoms with Crippen LogP contribution in [0.2, 0.25) is 0 Å². The molecule has 0 atom stereocenters. The molecule has 0 aliphatic rings. The third-order valence-electron chi connectivity index (χ3n) is 3.15. The Bertz CT molecular complexity index is 362. The van der Waals surface area contributed by atoms with Gasteiger partial charge in [-0.15, -0.1) is 11.6 Å². The van der Waals surface area contributed by atoms with Gasteiger partial charge in [-0.1, -0.05) is 51.2 Å². The van der Waals surface area contributed by atoms with Gasteiger partial charge in [-0.3, -0.25) is 4.79 Å². The monoisotopic (exact) mass is 281 g/mol. The average molecular weight is 282 g/mol. The number of alkyl halides is 1. The molecule has 1 aromatic carbocycles. The van der Waals surface area contributed by atoms with Crippen molar-refractivity contribution in [3.8, 4) is 0 Å². The molecular weight excluding hydrogens is 258 g/mol. The maximum absolute atomic E-state index is 11.7. The molecule has 0 aliphatic heterocycles. The Kier molecular flexibility index (Phi) is 8.31. The summed E-state index contributed by atoms with van der Waals surface area (Å²) in [4.78, 5) is 11.7. The van der Waals surface area contributed by atoms with Crippen LogP contribution >= 0.6 is 11.6 Å². The predicted molar refractivity (Wildman–Crippen MR) is 82.6 cm³/mol. The number of amides is 1. The second kappa shape index (κ2) is 9.85. The number of unbranched alkanes of at least 4 members (excludes halogenated alkanes) is 5. The first-order valence-corrected chi connectivity index (χ1v) is 7.74. The van der Waals surface area contributed by atoms with Crippen LogP contribution < -0.4 is 5.32 Å². The first kappa shape index (κ1) is 16.0. The van der Waals surface area contributed by atoms with Crippen molar-refractivity contribution in [2.24, 2.45) is 0 Å². The largest absolute Gasteiger partial charge is 0.326 e. The second-order valence-corrected chi connectivity index (χ2v) is 5.16. The summed E-state index contributed by atoms with van der Waals surface area (Å²) in [5.74, 6) is 0.612. The lowest BCUT2D eigenvalue weighted by atomic mass is 10.1. The quantitative estimate of drug-likeness (QED) is 0.494. The van der Waals surface area contributed by atoms with Crippen LogP contribution in [0, 0.1) is 0 Å². The van der Waals surface area contributed by atoms with Crippen LogP contribution in [0.25, 0.3) is 0 Å². The Labute approximate surface area is 121 Å². The maximum atomic E-state index is 11.7. The van der Waals surface area contributed by atoms with Crippen LogP contribution in [0.3, 0.4) is 0 Å². The number of benzene rings is 1. The van der Waals surface area contributed by atoms with E-state index in [0.717, 1.165) is 24.1 Å². The minimum absolute atomic E-state index is 0.106. The fourth-order valence-corrected chi connectivity index (χ4v) is 2.14. The molecule has 0 aromatic heterocycles. The summed E-state index contributed by atoms with van der Waals surface area (Å²) in [7, 11) is 0. The van der Waals surface area contributed by atoms with E-state index in [1.807, 2.05) is 24.3 Å². The highest BCUT2D eigenvalue weighted by molar-refractivity contribution is 6.17. The highest BCUT2D eigenvalue weighted by atomic mass is 35.5. The molecule has 0 fully saturated rings. The lowest BCUT2D eigenvalue weighted by Crippen LogP contribution is -2.10. The lowest BCUT2D eigenvalue weighted by Gasteiger charge is -2.06. The number of carbonyl (C=O) groups excluding carboxylic acids is 1. The molecule has 0 saturated carbocycles. The van der Waals surface area contributed by atoms with Gasteiger partial charge in [0.05, 0.1) is 0 Å². The average Bonchev–Trinajstić information content (AvgIpc) is 2.43. The first-order valence-electron chi connectivity index (χ1n) is 7.21. The van der Waals surface area contributed by atoms with Gasteiger partial charge in [0.25, 0.3) is 0 Å². The molecule has 3 heteroatoms. The van der Waals surface area contributed by atoms with Crippen molar-refractivity contribution < 1.29 is 4.79 Å². The van der Waals surface area contributed by atoms with Crippen molar-refractivity contribution in [1.29, 1.82) is 0 Å². The fourth-order valence-electron chi connectivity index (χ4n) is 1.97. The van der Waals surface area contributed by atoms with Gasteiger partial charge in [0, 0.05) is 18.0 Å². The van der Waals surface area contributed by atoms with Gasteiger partial charge in [-0.05, 0) is 24.1 Å². The van der Waals surface area contributed by atoms with Crippen molar-refractivity contribution >= 4 is 23.2 Å². The number of anilines is 1. The Hall–Kier alpha value is -1.02. The lowest BCUT2D eigenvalue weighted by molar-refractivity contribution is -0.116. The van der Waals surface area contributed by atoms with E-state index in [9.17, 15) is 4.79 Å². The van der Waals surface area contributed by atoms with Gasteiger partial charge in [-0.2, -0.15) is 0 Å². The fraction of sp³-hybridized carbons (Fsp3) is 0.562. The summed E-state index contributed by atoms with van der Waals surface area (Å²) in [5.41, 5.74) is 1.92. The summed E-state index contributed by atoms with van der Waals surface area (Å²) in [5, 5.41) is 2.91. The Morgan fingerprint density at radius 3 is 2.32 bits per heavy atom. The summed E-state index contributed by atoms with van der Waals surface area (Å²) in [6.45, 7) is 2.21. The van der Waals surface area contributed by atoms with Crippen molar-refractivity contribution in [1.82, 2.24) is 0 Å². The van der Waals surface area contributed by atoms with Gasteiger partial charge < -0.3 is 5.32 Å². The van der Waals surface area contributed by atoms with Gasteiger partial charge in [0.2, 0.25) is 5.91 Å². The maximum Gasteiger partial charge on any atom is 0.224 e. The van der Waals surface area contributed by atoms with E-state index < -0.39 is 0 Å². The van der Waals surface area contributed by atoms with Crippen LogP contribution in [0.15, 0.2) is 24.3 Å². The Balaban J connectivity index is 2.16. The topological polar surface area (TPSA) is 29.1 Å². The zero-order chi connectivity index (χ0) is 13.9. The number of rotatable bonds is 9. The molecule has 2 nitrogen and oxygen atoms in total. The third kappa shape index (κ3) is 7.22. The zero-order valence-corrected chi connectivity index (χ0v) is 12.5. The first-order chi connectivity index (χ1) is 9.26. The molecule has 1 N–H and O–H groups in total. The molecule has 106 valence electrons. The van der Waals surface area contributed by atoms with Crippen molar-refractivity contribution in [2.45, 2.75) is 57.7 Å². The molecule has 0 saturated heterocycles. The van der Waals surface area contributed by atoms with Crippen LogP contribution in [0.1, 0.15) is 57.4 Å². The van der Waals surface area contributed by atoms with E-state index in [0.29, 0.717) is 12.3 Å². The van der Waals surface area contributed by atoms with Crippen LogP contribution in [-0.2, 0) is 10.7 Å². The van der Waals surface area contributed by atoms with Crippen LogP contribution in [-0.4, -0.2) is 5.91 Å². The summed E-state index contributed by atoms with van der Waals surface area (Å²) in [6.07, 6.45) is 7.85. The van der Waals surface area contributed by atoms with Crippen molar-refractivity contribution in [3.05, 3.63) is 29.8 Å². The summed E-state index contributed by atoms with van der Waals surface area (Å²) < 4.78 is 0. The van der Waals surface area contributed by atoms with Crippen molar-refractivity contribution in [2.75, 3.05) is 5.32 Å². The standard InChI is InChI=1S/C16H24ClNO/c1-2-3-4-5-6-7-8-16(19)18-15-11-9-14(13-17)10-12-15/h9-12H,2-8,13H2,1H3,(H,18,19). The molecule has 0 unspecified atom stereocenters. The van der Waals surface area contributed by atoms with Crippen LogP contribution in [0.5, 0.6) is 0 Å². The molecule has 1 rings (SSSR count). The number of nitrogens with one attached hydrogen (secondary N) is 1. The minimum Gasteiger partial charge on any atom is -0.326 e. The zero-order valence-electron chi connectivity index (χ0n) is 11.8. The molecule has 0 spiro atoms. The van der Waals surface area contributed by atoms with E-state index in [4.69, 9.17) is 11.6 Å². The third-order valence-corrected chi connectivity index (χ3v) is 3.46. The van der Waals surface area contributed by atoms with Gasteiger partial charge >= 0.3 is 0 Å². The molecular formula is C16H24ClNO. The van der Waals surface area contributed by atoms with Gasteiger partial charge in [0.15, 0.2) is 0 Å². The Morgan fingerprint density at radius 1 is 1.05 bits per heavy atom. The molecule has 19 heavy (non-hydrogen) atoms. The normalized spacial score (nSPS) is 10.4. The highest BCUT2D eigenvalue weighted by Gasteiger charge is 2.02.